The quantitative estimate of drug-likeness (QED) is 0.593. The Morgan fingerprint density at radius 1 is 1.16 bits per heavy atom. The molecule has 1 fully saturated rings. The predicted octanol–water partition coefficient (Wildman–Crippen LogP) is 2.44. The molecule has 12 heteroatoms. The van der Waals surface area contributed by atoms with Crippen LogP contribution in [0, 0.1) is 0 Å². The fourth-order valence-corrected chi connectivity index (χ4v) is 4.19. The summed E-state index contributed by atoms with van der Waals surface area (Å²) in [6, 6.07) is 7.00. The Balaban J connectivity index is 1.52. The van der Waals surface area contributed by atoms with Gasteiger partial charge in [-0.2, -0.15) is 13.2 Å². The van der Waals surface area contributed by atoms with Crippen LogP contribution in [0.3, 0.4) is 0 Å². The zero-order valence-electron chi connectivity index (χ0n) is 16.1. The van der Waals surface area contributed by atoms with Gasteiger partial charge in [-0.3, -0.25) is 9.55 Å². The molecule has 0 saturated heterocycles. The van der Waals surface area contributed by atoms with Gasteiger partial charge in [-0.1, -0.05) is 6.07 Å². The van der Waals surface area contributed by atoms with E-state index >= 15 is 0 Å². The largest absolute Gasteiger partial charge is 0.416 e. The molecule has 0 bridgehead atoms. The highest BCUT2D eigenvalue weighted by Gasteiger charge is 2.32. The van der Waals surface area contributed by atoms with Gasteiger partial charge in [-0.05, 0) is 43.2 Å². The number of benzene rings is 1. The standard InChI is InChI=1S/C19H18F3N5O3S/c20-19(21,22)14-4-1-5-16(11-14)31(29,30)24-9-10-26-18(28)27(15-6-7-15)17(25-26)13-3-2-8-23-12-13/h1-5,8,11-12,15,24H,6-7,9-10H2. The van der Waals surface area contributed by atoms with Crippen LogP contribution in [0.2, 0.25) is 0 Å². The van der Waals surface area contributed by atoms with Crippen LogP contribution >= 0.6 is 0 Å². The number of sulfonamides is 1. The second-order valence-corrected chi connectivity index (χ2v) is 8.86. The lowest BCUT2D eigenvalue weighted by Crippen LogP contribution is -2.32. The monoisotopic (exact) mass is 453 g/mol. The van der Waals surface area contributed by atoms with Crippen LogP contribution in [-0.4, -0.2) is 34.3 Å². The third-order valence-electron chi connectivity index (χ3n) is 4.79. The van der Waals surface area contributed by atoms with Crippen molar-refractivity contribution >= 4 is 10.0 Å². The molecule has 3 aromatic rings. The Morgan fingerprint density at radius 3 is 2.58 bits per heavy atom. The fraction of sp³-hybridized carbons (Fsp3) is 0.316. The predicted molar refractivity (Wildman–Crippen MR) is 105 cm³/mol. The number of halogens is 3. The van der Waals surface area contributed by atoms with Crippen LogP contribution in [0.4, 0.5) is 13.2 Å². The van der Waals surface area contributed by atoms with Crippen molar-refractivity contribution in [3.8, 4) is 11.4 Å². The Hall–Kier alpha value is -2.99. The summed E-state index contributed by atoms with van der Waals surface area (Å²) in [6.07, 6.45) is 0.225. The van der Waals surface area contributed by atoms with E-state index in [0.29, 0.717) is 17.5 Å². The maximum atomic E-state index is 12.9. The van der Waals surface area contributed by atoms with Crippen LogP contribution in [-0.2, 0) is 22.7 Å². The molecule has 1 N–H and O–H groups in total. The molecule has 1 saturated carbocycles. The highest BCUT2D eigenvalue weighted by atomic mass is 32.2. The van der Waals surface area contributed by atoms with Gasteiger partial charge in [-0.25, -0.2) is 22.6 Å². The van der Waals surface area contributed by atoms with E-state index in [1.165, 1.54) is 0 Å². The molecule has 1 aliphatic rings. The van der Waals surface area contributed by atoms with Gasteiger partial charge in [-0.15, -0.1) is 5.10 Å². The molecule has 1 aliphatic carbocycles. The Labute approximate surface area is 175 Å². The minimum Gasteiger partial charge on any atom is -0.272 e. The molecular formula is C19H18F3N5O3S. The molecule has 2 heterocycles. The van der Waals surface area contributed by atoms with Gasteiger partial charge in [0.1, 0.15) is 0 Å². The maximum absolute atomic E-state index is 12.9. The SMILES string of the molecule is O=c1n(CCNS(=O)(=O)c2cccc(C(F)(F)F)c2)nc(-c2cccnc2)n1C1CC1. The molecule has 2 aromatic heterocycles. The summed E-state index contributed by atoms with van der Waals surface area (Å²) < 4.78 is 68.3. The van der Waals surface area contributed by atoms with E-state index < -0.39 is 26.7 Å². The number of pyridine rings is 1. The van der Waals surface area contributed by atoms with Crippen LogP contribution in [0.15, 0.2) is 58.5 Å². The van der Waals surface area contributed by atoms with Crippen molar-refractivity contribution in [3.05, 3.63) is 64.8 Å². The summed E-state index contributed by atoms with van der Waals surface area (Å²) >= 11 is 0. The zero-order valence-corrected chi connectivity index (χ0v) is 16.9. The van der Waals surface area contributed by atoms with Gasteiger partial charge in [0.15, 0.2) is 5.82 Å². The van der Waals surface area contributed by atoms with Crippen molar-refractivity contribution in [1.82, 2.24) is 24.1 Å². The second kappa shape index (κ2) is 7.93. The van der Waals surface area contributed by atoms with E-state index in [4.69, 9.17) is 0 Å². The lowest BCUT2D eigenvalue weighted by Gasteiger charge is -2.10. The number of hydrogen-bond acceptors (Lipinski definition) is 5. The average Bonchev–Trinajstić information content (AvgIpc) is 3.52. The first kappa shape index (κ1) is 21.2. The average molecular weight is 453 g/mol. The van der Waals surface area contributed by atoms with Gasteiger partial charge in [0.05, 0.1) is 17.0 Å². The van der Waals surface area contributed by atoms with Crippen LogP contribution < -0.4 is 10.4 Å². The molecule has 1 aromatic carbocycles. The summed E-state index contributed by atoms with van der Waals surface area (Å²) in [5, 5.41) is 4.32. The number of alkyl halides is 3. The van der Waals surface area contributed by atoms with Crippen LogP contribution in [0.1, 0.15) is 24.4 Å². The highest BCUT2D eigenvalue weighted by Crippen LogP contribution is 2.36. The highest BCUT2D eigenvalue weighted by molar-refractivity contribution is 7.89. The summed E-state index contributed by atoms with van der Waals surface area (Å²) in [5.74, 6) is 0.446. The lowest BCUT2D eigenvalue weighted by atomic mass is 10.2. The van der Waals surface area contributed by atoms with E-state index in [2.05, 4.69) is 14.8 Å². The summed E-state index contributed by atoms with van der Waals surface area (Å²) in [6.45, 7) is -0.295. The molecule has 0 amide bonds. The molecule has 0 radical (unpaired) electrons. The van der Waals surface area contributed by atoms with Gasteiger partial charge in [0.25, 0.3) is 0 Å². The van der Waals surface area contributed by atoms with E-state index in [0.717, 1.165) is 35.7 Å². The molecule has 164 valence electrons. The van der Waals surface area contributed by atoms with Crippen LogP contribution in [0.5, 0.6) is 0 Å². The summed E-state index contributed by atoms with van der Waals surface area (Å²) in [5.41, 5.74) is -0.773. The van der Waals surface area contributed by atoms with Crippen molar-refractivity contribution in [3.63, 3.8) is 0 Å². The van der Waals surface area contributed by atoms with Crippen molar-refractivity contribution < 1.29 is 21.6 Å². The van der Waals surface area contributed by atoms with E-state index in [1.54, 1.807) is 29.1 Å². The number of aromatic nitrogens is 4. The third kappa shape index (κ3) is 4.54. The topological polar surface area (TPSA) is 98.9 Å². The third-order valence-corrected chi connectivity index (χ3v) is 6.25. The number of nitrogens with zero attached hydrogens (tertiary/aromatic N) is 4. The van der Waals surface area contributed by atoms with Crippen molar-refractivity contribution in [2.24, 2.45) is 0 Å². The minimum absolute atomic E-state index is 0.0401. The number of nitrogens with one attached hydrogen (secondary N) is 1. The maximum Gasteiger partial charge on any atom is 0.416 e. The van der Waals surface area contributed by atoms with Crippen molar-refractivity contribution in [1.29, 1.82) is 0 Å². The van der Waals surface area contributed by atoms with E-state index in [9.17, 15) is 26.4 Å². The van der Waals surface area contributed by atoms with Gasteiger partial charge in [0, 0.05) is 30.5 Å². The molecule has 0 spiro atoms. The molecule has 0 atom stereocenters. The summed E-state index contributed by atoms with van der Waals surface area (Å²) in [7, 11) is -4.20. The van der Waals surface area contributed by atoms with Crippen molar-refractivity contribution in [2.45, 2.75) is 36.5 Å². The number of hydrogen-bond donors (Lipinski definition) is 1. The fourth-order valence-electron chi connectivity index (χ4n) is 3.13. The first-order chi connectivity index (χ1) is 14.7. The Kier molecular flexibility index (Phi) is 5.43. The minimum atomic E-state index is -4.66. The second-order valence-electron chi connectivity index (χ2n) is 7.10. The molecular weight excluding hydrogens is 435 g/mol. The van der Waals surface area contributed by atoms with E-state index in [1.807, 2.05) is 0 Å². The normalized spacial score (nSPS) is 14.7. The number of rotatable bonds is 7. The zero-order chi connectivity index (χ0) is 22.2. The molecule has 31 heavy (non-hydrogen) atoms. The van der Waals surface area contributed by atoms with Crippen molar-refractivity contribution in [2.75, 3.05) is 6.54 Å². The van der Waals surface area contributed by atoms with Crippen LogP contribution in [0.25, 0.3) is 11.4 Å². The summed E-state index contributed by atoms with van der Waals surface area (Å²) in [4.78, 5) is 16.3. The first-order valence-corrected chi connectivity index (χ1v) is 10.9. The van der Waals surface area contributed by atoms with E-state index in [-0.39, 0.29) is 24.8 Å². The molecule has 4 rings (SSSR count). The Bertz CT molecular complexity index is 1250. The first-order valence-electron chi connectivity index (χ1n) is 9.43. The molecule has 8 nitrogen and oxygen atoms in total. The smallest absolute Gasteiger partial charge is 0.272 e. The van der Waals surface area contributed by atoms with Gasteiger partial charge < -0.3 is 0 Å². The molecule has 0 unspecified atom stereocenters. The molecule has 0 aliphatic heterocycles. The Morgan fingerprint density at radius 2 is 1.94 bits per heavy atom. The van der Waals surface area contributed by atoms with Gasteiger partial charge >= 0.3 is 11.9 Å². The van der Waals surface area contributed by atoms with Gasteiger partial charge in [0.2, 0.25) is 10.0 Å². The lowest BCUT2D eigenvalue weighted by molar-refractivity contribution is -0.137.